The number of likely N-dealkylation sites (tertiary alicyclic amines) is 1. The number of carbonyl (C=O) groups is 2. The molecule has 1 unspecified atom stereocenters. The standard InChI is InChI=1S/C12H11BrINO3/c13-8-1-2-10(14)9(5-8)11(16)15-4-3-7(6-15)12(17)18/h1-2,5,7H,3-4,6H2,(H,17,18). The van der Waals surface area contributed by atoms with Crippen LogP contribution in [-0.4, -0.2) is 35.0 Å². The van der Waals surface area contributed by atoms with Gasteiger partial charge < -0.3 is 10.0 Å². The lowest BCUT2D eigenvalue weighted by Crippen LogP contribution is -2.30. The lowest BCUT2D eigenvalue weighted by molar-refractivity contribution is -0.141. The summed E-state index contributed by atoms with van der Waals surface area (Å²) in [4.78, 5) is 24.8. The van der Waals surface area contributed by atoms with E-state index in [1.807, 2.05) is 12.1 Å². The van der Waals surface area contributed by atoms with Crippen molar-refractivity contribution < 1.29 is 14.7 Å². The molecule has 1 fully saturated rings. The molecule has 1 N–H and O–H groups in total. The maximum Gasteiger partial charge on any atom is 0.308 e. The number of nitrogens with zero attached hydrogens (tertiary/aromatic N) is 1. The first kappa shape index (κ1) is 13.8. The van der Waals surface area contributed by atoms with E-state index in [0.717, 1.165) is 8.04 Å². The quantitative estimate of drug-likeness (QED) is 0.744. The van der Waals surface area contributed by atoms with Gasteiger partial charge in [0.15, 0.2) is 0 Å². The second kappa shape index (κ2) is 5.56. The first-order valence-corrected chi connectivity index (χ1v) is 7.33. The summed E-state index contributed by atoms with van der Waals surface area (Å²) < 4.78 is 1.72. The van der Waals surface area contributed by atoms with Crippen molar-refractivity contribution in [3.8, 4) is 0 Å². The summed E-state index contributed by atoms with van der Waals surface area (Å²) in [6.45, 7) is 0.815. The molecule has 0 bridgehead atoms. The minimum atomic E-state index is -0.825. The van der Waals surface area contributed by atoms with Crippen LogP contribution in [0, 0.1) is 9.49 Å². The largest absolute Gasteiger partial charge is 0.481 e. The Labute approximate surface area is 127 Å². The summed E-state index contributed by atoms with van der Waals surface area (Å²) in [5, 5.41) is 8.94. The van der Waals surface area contributed by atoms with Crippen LogP contribution in [0.1, 0.15) is 16.8 Å². The van der Waals surface area contributed by atoms with Crippen LogP contribution in [0.4, 0.5) is 0 Å². The topological polar surface area (TPSA) is 57.6 Å². The minimum absolute atomic E-state index is 0.0931. The Kier molecular flexibility index (Phi) is 4.26. The Balaban J connectivity index is 2.17. The van der Waals surface area contributed by atoms with Gasteiger partial charge in [-0.05, 0) is 47.2 Å². The number of aliphatic carboxylic acids is 1. The lowest BCUT2D eigenvalue weighted by atomic mass is 10.1. The number of hydrogen-bond acceptors (Lipinski definition) is 2. The molecule has 1 aromatic carbocycles. The second-order valence-electron chi connectivity index (χ2n) is 4.20. The van der Waals surface area contributed by atoms with Crippen LogP contribution in [0.5, 0.6) is 0 Å². The van der Waals surface area contributed by atoms with Crippen LogP contribution in [0.3, 0.4) is 0 Å². The zero-order valence-electron chi connectivity index (χ0n) is 9.40. The molecule has 1 heterocycles. The zero-order chi connectivity index (χ0) is 13.3. The fourth-order valence-corrected chi connectivity index (χ4v) is 2.91. The van der Waals surface area contributed by atoms with Crippen LogP contribution in [-0.2, 0) is 4.79 Å². The van der Waals surface area contributed by atoms with E-state index in [1.54, 1.807) is 11.0 Å². The summed E-state index contributed by atoms with van der Waals surface area (Å²) in [5.41, 5.74) is 0.621. The van der Waals surface area contributed by atoms with E-state index < -0.39 is 11.9 Å². The van der Waals surface area contributed by atoms with Crippen molar-refractivity contribution in [1.29, 1.82) is 0 Å². The Morgan fingerprint density at radius 1 is 1.44 bits per heavy atom. The molecule has 1 aromatic rings. The molecule has 18 heavy (non-hydrogen) atoms. The first-order valence-electron chi connectivity index (χ1n) is 5.46. The molecular formula is C12H11BrINO3. The van der Waals surface area contributed by atoms with Gasteiger partial charge in [-0.15, -0.1) is 0 Å². The maximum atomic E-state index is 12.3. The van der Waals surface area contributed by atoms with Gasteiger partial charge >= 0.3 is 5.97 Å². The molecule has 1 saturated heterocycles. The Morgan fingerprint density at radius 3 is 2.78 bits per heavy atom. The number of benzene rings is 1. The van der Waals surface area contributed by atoms with E-state index in [9.17, 15) is 9.59 Å². The highest BCUT2D eigenvalue weighted by molar-refractivity contribution is 14.1. The van der Waals surface area contributed by atoms with E-state index in [4.69, 9.17) is 5.11 Å². The predicted octanol–water partition coefficient (Wildman–Crippen LogP) is 2.60. The highest BCUT2D eigenvalue weighted by Gasteiger charge is 2.31. The van der Waals surface area contributed by atoms with Gasteiger partial charge in [-0.25, -0.2) is 0 Å². The third-order valence-electron chi connectivity index (χ3n) is 2.98. The van der Waals surface area contributed by atoms with Crippen LogP contribution in [0.25, 0.3) is 0 Å². The van der Waals surface area contributed by atoms with Crippen LogP contribution < -0.4 is 0 Å². The van der Waals surface area contributed by atoms with E-state index >= 15 is 0 Å². The predicted molar refractivity (Wildman–Crippen MR) is 78.5 cm³/mol. The number of halogens is 2. The Bertz CT molecular complexity index is 506. The van der Waals surface area contributed by atoms with E-state index in [1.165, 1.54) is 0 Å². The normalized spacial score (nSPS) is 19.0. The molecule has 2 rings (SSSR count). The number of carboxylic acid groups (broad SMARTS) is 1. The molecule has 1 atom stereocenters. The van der Waals surface area contributed by atoms with Crippen LogP contribution in [0.2, 0.25) is 0 Å². The van der Waals surface area contributed by atoms with Crippen molar-refractivity contribution in [1.82, 2.24) is 4.90 Å². The number of carboxylic acids is 1. The van der Waals surface area contributed by atoms with Gasteiger partial charge in [0.1, 0.15) is 0 Å². The molecule has 0 spiro atoms. The van der Waals surface area contributed by atoms with Gasteiger partial charge in [0.05, 0.1) is 11.5 Å². The average molecular weight is 424 g/mol. The van der Waals surface area contributed by atoms with E-state index in [2.05, 4.69) is 38.5 Å². The second-order valence-corrected chi connectivity index (χ2v) is 6.28. The molecule has 1 aliphatic rings. The fraction of sp³-hybridized carbons (Fsp3) is 0.333. The third kappa shape index (κ3) is 2.85. The molecule has 0 saturated carbocycles. The molecule has 6 heteroatoms. The maximum absolute atomic E-state index is 12.3. The molecule has 0 aliphatic carbocycles. The summed E-state index contributed by atoms with van der Waals surface area (Å²) in [6.07, 6.45) is 0.533. The van der Waals surface area contributed by atoms with Gasteiger partial charge in [-0.2, -0.15) is 0 Å². The smallest absolute Gasteiger partial charge is 0.308 e. The van der Waals surface area contributed by atoms with E-state index in [0.29, 0.717) is 25.1 Å². The van der Waals surface area contributed by atoms with Gasteiger partial charge in [0, 0.05) is 21.1 Å². The van der Waals surface area contributed by atoms with Crippen molar-refractivity contribution in [2.24, 2.45) is 5.92 Å². The fourth-order valence-electron chi connectivity index (χ4n) is 1.98. The van der Waals surface area contributed by atoms with Crippen molar-refractivity contribution >= 4 is 50.4 Å². The molecule has 96 valence electrons. The Morgan fingerprint density at radius 2 is 2.17 bits per heavy atom. The molecule has 1 amide bonds. The zero-order valence-corrected chi connectivity index (χ0v) is 13.1. The summed E-state index contributed by atoms with van der Waals surface area (Å²) in [5.74, 6) is -1.35. The minimum Gasteiger partial charge on any atom is -0.481 e. The SMILES string of the molecule is O=C(O)C1CCN(C(=O)c2cc(Br)ccc2I)C1. The lowest BCUT2D eigenvalue weighted by Gasteiger charge is -2.16. The first-order chi connectivity index (χ1) is 8.49. The summed E-state index contributed by atoms with van der Waals surface area (Å²) in [7, 11) is 0. The highest BCUT2D eigenvalue weighted by atomic mass is 127. The Hall–Kier alpha value is -0.630. The molecular weight excluding hydrogens is 413 g/mol. The summed E-state index contributed by atoms with van der Waals surface area (Å²) in [6, 6.07) is 5.52. The van der Waals surface area contributed by atoms with Crippen molar-refractivity contribution in [2.45, 2.75) is 6.42 Å². The number of carbonyl (C=O) groups excluding carboxylic acids is 1. The molecule has 0 aromatic heterocycles. The average Bonchev–Trinajstić information content (AvgIpc) is 2.81. The third-order valence-corrected chi connectivity index (χ3v) is 4.42. The number of amides is 1. The number of rotatable bonds is 2. The van der Waals surface area contributed by atoms with Crippen LogP contribution >= 0.6 is 38.5 Å². The highest BCUT2D eigenvalue weighted by Crippen LogP contribution is 2.23. The van der Waals surface area contributed by atoms with Crippen molar-refractivity contribution in [2.75, 3.05) is 13.1 Å². The van der Waals surface area contributed by atoms with Gasteiger partial charge in [0.2, 0.25) is 0 Å². The monoisotopic (exact) mass is 423 g/mol. The van der Waals surface area contributed by atoms with Gasteiger partial charge in [0.25, 0.3) is 5.91 Å². The van der Waals surface area contributed by atoms with Crippen molar-refractivity contribution in [3.05, 3.63) is 31.8 Å². The van der Waals surface area contributed by atoms with E-state index in [-0.39, 0.29) is 5.91 Å². The van der Waals surface area contributed by atoms with Gasteiger partial charge in [-0.3, -0.25) is 9.59 Å². The van der Waals surface area contributed by atoms with Gasteiger partial charge in [-0.1, -0.05) is 15.9 Å². The van der Waals surface area contributed by atoms with Crippen LogP contribution in [0.15, 0.2) is 22.7 Å². The van der Waals surface area contributed by atoms with Crippen molar-refractivity contribution in [3.63, 3.8) is 0 Å². The molecule has 1 aliphatic heterocycles. The number of hydrogen-bond donors (Lipinski definition) is 1. The molecule has 0 radical (unpaired) electrons. The summed E-state index contributed by atoms with van der Waals surface area (Å²) >= 11 is 5.45. The molecule has 4 nitrogen and oxygen atoms in total.